The Balaban J connectivity index is 2.14. The summed E-state index contributed by atoms with van der Waals surface area (Å²) < 4.78 is 0. The molecule has 0 saturated carbocycles. The standard InChI is InChI=1S/C11H11N3O/c1-7-3-2-4-9-8(7)5-12-11-13-10(15)6-14(9)11/h2-4H,5-6H2,1H3,(H,12,13,15). The molecule has 0 unspecified atom stereocenters. The first-order valence-corrected chi connectivity index (χ1v) is 4.96. The number of aliphatic imine (C=N–C) groups is 1. The molecule has 0 radical (unpaired) electrons. The Bertz CT molecular complexity index is 479. The van der Waals surface area contributed by atoms with Crippen LogP contribution in [0.5, 0.6) is 0 Å². The van der Waals surface area contributed by atoms with Crippen LogP contribution < -0.4 is 10.2 Å². The molecular weight excluding hydrogens is 190 g/mol. The van der Waals surface area contributed by atoms with Gasteiger partial charge in [0, 0.05) is 11.3 Å². The number of nitrogens with zero attached hydrogens (tertiary/aromatic N) is 2. The first-order chi connectivity index (χ1) is 7.25. The molecule has 1 aromatic carbocycles. The van der Waals surface area contributed by atoms with Crippen LogP contribution in [0.15, 0.2) is 23.2 Å². The van der Waals surface area contributed by atoms with E-state index in [0.29, 0.717) is 19.0 Å². The fourth-order valence-electron chi connectivity index (χ4n) is 2.07. The van der Waals surface area contributed by atoms with Gasteiger partial charge in [-0.3, -0.25) is 10.1 Å². The number of carbonyl (C=O) groups is 1. The van der Waals surface area contributed by atoms with E-state index < -0.39 is 0 Å². The number of guanidine groups is 1. The minimum absolute atomic E-state index is 0.0168. The van der Waals surface area contributed by atoms with Crippen molar-refractivity contribution in [1.29, 1.82) is 0 Å². The average molecular weight is 201 g/mol. The number of amides is 1. The maximum atomic E-state index is 11.3. The van der Waals surface area contributed by atoms with E-state index in [1.807, 2.05) is 17.0 Å². The van der Waals surface area contributed by atoms with E-state index in [4.69, 9.17) is 0 Å². The molecule has 15 heavy (non-hydrogen) atoms. The van der Waals surface area contributed by atoms with Crippen molar-refractivity contribution < 1.29 is 4.79 Å². The predicted molar refractivity (Wildman–Crippen MR) is 57.8 cm³/mol. The van der Waals surface area contributed by atoms with E-state index in [1.54, 1.807) is 0 Å². The van der Waals surface area contributed by atoms with Gasteiger partial charge in [-0.2, -0.15) is 0 Å². The zero-order chi connectivity index (χ0) is 10.4. The van der Waals surface area contributed by atoms with Gasteiger partial charge in [-0.15, -0.1) is 0 Å². The van der Waals surface area contributed by atoms with Crippen LogP contribution in [0, 0.1) is 6.92 Å². The SMILES string of the molecule is Cc1cccc2c1CN=C1NC(=O)CN12. The van der Waals surface area contributed by atoms with Crippen LogP contribution in [0.1, 0.15) is 11.1 Å². The van der Waals surface area contributed by atoms with Crippen molar-refractivity contribution in [2.24, 2.45) is 4.99 Å². The van der Waals surface area contributed by atoms with Crippen LogP contribution >= 0.6 is 0 Å². The van der Waals surface area contributed by atoms with Crippen LogP contribution in [0.4, 0.5) is 5.69 Å². The van der Waals surface area contributed by atoms with Gasteiger partial charge < -0.3 is 4.90 Å². The molecule has 0 aromatic heterocycles. The Morgan fingerprint density at radius 1 is 1.47 bits per heavy atom. The van der Waals surface area contributed by atoms with Crippen LogP contribution in [-0.2, 0) is 11.3 Å². The van der Waals surface area contributed by atoms with Gasteiger partial charge in [-0.1, -0.05) is 12.1 Å². The average Bonchev–Trinajstić information content (AvgIpc) is 2.59. The molecule has 4 nitrogen and oxygen atoms in total. The maximum absolute atomic E-state index is 11.3. The number of aryl methyl sites for hydroxylation is 1. The van der Waals surface area contributed by atoms with Crippen molar-refractivity contribution >= 4 is 17.6 Å². The van der Waals surface area contributed by atoms with E-state index in [2.05, 4.69) is 23.3 Å². The van der Waals surface area contributed by atoms with Gasteiger partial charge in [0.25, 0.3) is 0 Å². The molecule has 2 aliphatic heterocycles. The van der Waals surface area contributed by atoms with Crippen LogP contribution in [-0.4, -0.2) is 18.4 Å². The molecule has 0 atom stereocenters. The molecule has 0 bridgehead atoms. The lowest BCUT2D eigenvalue weighted by atomic mass is 10.0. The summed E-state index contributed by atoms with van der Waals surface area (Å²) in [7, 11) is 0. The molecular formula is C11H11N3O. The Morgan fingerprint density at radius 3 is 3.20 bits per heavy atom. The van der Waals surface area contributed by atoms with Gasteiger partial charge in [0.05, 0.1) is 6.54 Å². The van der Waals surface area contributed by atoms with Crippen molar-refractivity contribution in [1.82, 2.24) is 5.32 Å². The van der Waals surface area contributed by atoms with Crippen LogP contribution in [0.2, 0.25) is 0 Å². The Hall–Kier alpha value is -1.84. The molecule has 0 spiro atoms. The Morgan fingerprint density at radius 2 is 2.33 bits per heavy atom. The number of rotatable bonds is 0. The monoisotopic (exact) mass is 201 g/mol. The minimum Gasteiger partial charge on any atom is -0.303 e. The predicted octanol–water partition coefficient (Wildman–Crippen LogP) is 0.801. The van der Waals surface area contributed by atoms with E-state index in [0.717, 1.165) is 5.69 Å². The number of carbonyl (C=O) groups excluding carboxylic acids is 1. The highest BCUT2D eigenvalue weighted by molar-refractivity contribution is 6.15. The third-order valence-corrected chi connectivity index (χ3v) is 2.87. The lowest BCUT2D eigenvalue weighted by molar-refractivity contribution is -0.117. The van der Waals surface area contributed by atoms with Crippen molar-refractivity contribution in [3.63, 3.8) is 0 Å². The Kier molecular flexibility index (Phi) is 1.59. The molecule has 0 aliphatic carbocycles. The number of anilines is 1. The second kappa shape index (κ2) is 2.82. The highest BCUT2D eigenvalue weighted by Gasteiger charge is 2.30. The number of fused-ring (bicyclic) bond motifs is 3. The van der Waals surface area contributed by atoms with E-state index in [9.17, 15) is 4.79 Å². The molecule has 1 saturated heterocycles. The largest absolute Gasteiger partial charge is 0.303 e. The summed E-state index contributed by atoms with van der Waals surface area (Å²) in [6.07, 6.45) is 0. The van der Waals surface area contributed by atoms with Gasteiger partial charge in [-0.05, 0) is 18.6 Å². The second-order valence-electron chi connectivity index (χ2n) is 3.85. The van der Waals surface area contributed by atoms with Gasteiger partial charge in [0.15, 0.2) is 0 Å². The van der Waals surface area contributed by atoms with Gasteiger partial charge in [0.1, 0.15) is 6.54 Å². The van der Waals surface area contributed by atoms with Crippen molar-refractivity contribution in [2.75, 3.05) is 11.4 Å². The third kappa shape index (κ3) is 1.14. The molecule has 76 valence electrons. The molecule has 1 N–H and O–H groups in total. The zero-order valence-corrected chi connectivity index (χ0v) is 8.45. The number of hydrogen-bond donors (Lipinski definition) is 1. The third-order valence-electron chi connectivity index (χ3n) is 2.87. The highest BCUT2D eigenvalue weighted by Crippen LogP contribution is 2.29. The van der Waals surface area contributed by atoms with E-state index >= 15 is 0 Å². The van der Waals surface area contributed by atoms with Gasteiger partial charge in [0.2, 0.25) is 11.9 Å². The normalized spacial score (nSPS) is 18.1. The first-order valence-electron chi connectivity index (χ1n) is 4.96. The molecule has 3 rings (SSSR count). The second-order valence-corrected chi connectivity index (χ2v) is 3.85. The first kappa shape index (κ1) is 8.47. The minimum atomic E-state index is 0.0168. The van der Waals surface area contributed by atoms with Crippen molar-refractivity contribution in [3.05, 3.63) is 29.3 Å². The van der Waals surface area contributed by atoms with E-state index in [1.165, 1.54) is 11.1 Å². The smallest absolute Gasteiger partial charge is 0.246 e. The summed E-state index contributed by atoms with van der Waals surface area (Å²) in [4.78, 5) is 17.6. The molecule has 1 amide bonds. The maximum Gasteiger partial charge on any atom is 0.246 e. The van der Waals surface area contributed by atoms with Crippen molar-refractivity contribution in [3.8, 4) is 0 Å². The molecule has 1 aromatic rings. The summed E-state index contributed by atoms with van der Waals surface area (Å²) in [6, 6.07) is 6.13. The fraction of sp³-hybridized carbons (Fsp3) is 0.273. The van der Waals surface area contributed by atoms with Crippen LogP contribution in [0.3, 0.4) is 0 Å². The van der Waals surface area contributed by atoms with Gasteiger partial charge in [-0.25, -0.2) is 4.99 Å². The topological polar surface area (TPSA) is 44.7 Å². The number of hydrogen-bond acceptors (Lipinski definition) is 3. The van der Waals surface area contributed by atoms with Gasteiger partial charge >= 0.3 is 0 Å². The molecule has 2 heterocycles. The highest BCUT2D eigenvalue weighted by atomic mass is 16.2. The summed E-state index contributed by atoms with van der Waals surface area (Å²) >= 11 is 0. The molecule has 2 aliphatic rings. The zero-order valence-electron chi connectivity index (χ0n) is 8.45. The fourth-order valence-corrected chi connectivity index (χ4v) is 2.07. The molecule has 1 fully saturated rings. The number of benzene rings is 1. The molecule has 4 heteroatoms. The van der Waals surface area contributed by atoms with Crippen LogP contribution in [0.25, 0.3) is 0 Å². The summed E-state index contributed by atoms with van der Waals surface area (Å²) in [5.41, 5.74) is 3.56. The lowest BCUT2D eigenvalue weighted by Crippen LogP contribution is -2.33. The lowest BCUT2D eigenvalue weighted by Gasteiger charge is -2.25. The summed E-state index contributed by atoms with van der Waals surface area (Å²) in [5, 5.41) is 2.75. The summed E-state index contributed by atoms with van der Waals surface area (Å²) in [5.74, 6) is 0.709. The van der Waals surface area contributed by atoms with E-state index in [-0.39, 0.29) is 5.91 Å². The van der Waals surface area contributed by atoms with Crippen molar-refractivity contribution in [2.45, 2.75) is 13.5 Å². The number of nitrogens with one attached hydrogen (secondary N) is 1. The summed E-state index contributed by atoms with van der Waals surface area (Å²) in [6.45, 7) is 3.12. The quantitative estimate of drug-likeness (QED) is 0.674. The Labute approximate surface area is 87.6 Å².